The molecular weight excluding hydrogens is 373 g/mol. The number of nitrogens with zero attached hydrogens (tertiary/aromatic N) is 1. The minimum atomic E-state index is -0.933. The Bertz CT molecular complexity index is 1100. The highest BCUT2D eigenvalue weighted by Crippen LogP contribution is 2.40. The molecule has 1 aliphatic rings. The number of carbonyl (C=O) groups excluding carboxylic acids is 2. The van der Waals surface area contributed by atoms with E-state index in [4.69, 9.17) is 4.42 Å². The van der Waals surface area contributed by atoms with E-state index in [1.54, 1.807) is 42.5 Å². The lowest BCUT2D eigenvalue weighted by atomic mass is 9.95. The molecule has 0 saturated carbocycles. The number of carbonyl (C=O) groups is 2. The molecule has 146 valence electrons. The summed E-state index contributed by atoms with van der Waals surface area (Å²) in [6.45, 7) is 1.92. The first-order valence-electron chi connectivity index (χ1n) is 9.09. The Morgan fingerprint density at radius 2 is 1.86 bits per heavy atom. The summed E-state index contributed by atoms with van der Waals surface area (Å²) in [5, 5.41) is 10.9. The lowest BCUT2D eigenvalue weighted by Crippen LogP contribution is -2.29. The molecule has 2 heterocycles. The van der Waals surface area contributed by atoms with Gasteiger partial charge in [0.1, 0.15) is 17.3 Å². The number of rotatable bonds is 4. The fourth-order valence-electron chi connectivity index (χ4n) is 3.50. The maximum absolute atomic E-state index is 13.9. The van der Waals surface area contributed by atoms with E-state index in [0.717, 1.165) is 5.56 Å². The summed E-state index contributed by atoms with van der Waals surface area (Å²) >= 11 is 0. The average Bonchev–Trinajstić information content (AvgIpc) is 3.30. The number of furan rings is 1. The van der Waals surface area contributed by atoms with Gasteiger partial charge < -0.3 is 14.4 Å². The van der Waals surface area contributed by atoms with Gasteiger partial charge in [0.15, 0.2) is 0 Å². The van der Waals surface area contributed by atoms with Crippen LogP contribution in [-0.2, 0) is 16.1 Å². The van der Waals surface area contributed by atoms with E-state index in [1.807, 2.05) is 6.92 Å². The number of benzene rings is 2. The number of halogens is 1. The van der Waals surface area contributed by atoms with Gasteiger partial charge >= 0.3 is 0 Å². The highest BCUT2D eigenvalue weighted by Gasteiger charge is 2.46. The number of likely N-dealkylation sites (tertiary alicyclic amines) is 1. The van der Waals surface area contributed by atoms with Crippen molar-refractivity contribution in [2.75, 3.05) is 0 Å². The normalized spacial score (nSPS) is 18.4. The van der Waals surface area contributed by atoms with Crippen LogP contribution >= 0.6 is 0 Å². The van der Waals surface area contributed by atoms with Crippen LogP contribution in [0, 0.1) is 12.7 Å². The summed E-state index contributed by atoms with van der Waals surface area (Å²) in [6.07, 6.45) is 1.47. The first-order valence-corrected chi connectivity index (χ1v) is 9.09. The molecule has 1 amide bonds. The lowest BCUT2D eigenvalue weighted by Gasteiger charge is -2.24. The van der Waals surface area contributed by atoms with Crippen LogP contribution < -0.4 is 0 Å². The molecule has 1 saturated heterocycles. The first kappa shape index (κ1) is 18.7. The van der Waals surface area contributed by atoms with Crippen molar-refractivity contribution < 1.29 is 23.5 Å². The third-order valence-electron chi connectivity index (χ3n) is 4.94. The van der Waals surface area contributed by atoms with Crippen LogP contribution in [0.5, 0.6) is 0 Å². The zero-order chi connectivity index (χ0) is 20.5. The van der Waals surface area contributed by atoms with E-state index in [2.05, 4.69) is 0 Å². The van der Waals surface area contributed by atoms with Crippen LogP contribution in [0.2, 0.25) is 0 Å². The van der Waals surface area contributed by atoms with Crippen molar-refractivity contribution in [1.82, 2.24) is 4.90 Å². The molecule has 0 spiro atoms. The van der Waals surface area contributed by atoms with Gasteiger partial charge in [0, 0.05) is 5.56 Å². The highest BCUT2D eigenvalue weighted by atomic mass is 19.1. The van der Waals surface area contributed by atoms with Crippen molar-refractivity contribution in [3.63, 3.8) is 0 Å². The Balaban J connectivity index is 1.87. The van der Waals surface area contributed by atoms with E-state index in [1.165, 1.54) is 29.4 Å². The van der Waals surface area contributed by atoms with Crippen molar-refractivity contribution in [3.05, 3.63) is 101 Å². The molecule has 4 rings (SSSR count). The van der Waals surface area contributed by atoms with Crippen LogP contribution in [-0.4, -0.2) is 21.7 Å². The zero-order valence-electron chi connectivity index (χ0n) is 15.6. The van der Waals surface area contributed by atoms with Gasteiger partial charge in [-0.15, -0.1) is 0 Å². The van der Waals surface area contributed by atoms with E-state index in [9.17, 15) is 19.1 Å². The SMILES string of the molecule is Cc1ccc(C(O)=C2C(=O)C(=O)N(Cc3ccco3)C2c2cccc(F)c2)cc1. The Morgan fingerprint density at radius 3 is 2.52 bits per heavy atom. The van der Waals surface area contributed by atoms with Crippen molar-refractivity contribution >= 4 is 17.4 Å². The quantitative estimate of drug-likeness (QED) is 0.408. The van der Waals surface area contributed by atoms with Gasteiger partial charge in [0.05, 0.1) is 24.4 Å². The van der Waals surface area contributed by atoms with Gasteiger partial charge in [-0.05, 0) is 36.8 Å². The molecule has 1 aliphatic heterocycles. The van der Waals surface area contributed by atoms with Crippen molar-refractivity contribution in [2.45, 2.75) is 19.5 Å². The standard InChI is InChI=1S/C23H18FNO4/c1-14-7-9-15(10-8-14)21(26)19-20(16-4-2-5-17(24)12-16)25(23(28)22(19)27)13-18-6-3-11-29-18/h2-12,20,26H,13H2,1H3. The van der Waals surface area contributed by atoms with E-state index in [0.29, 0.717) is 16.9 Å². The van der Waals surface area contributed by atoms with Crippen LogP contribution in [0.25, 0.3) is 5.76 Å². The number of amides is 1. The molecule has 3 aromatic rings. The maximum atomic E-state index is 13.9. The summed E-state index contributed by atoms with van der Waals surface area (Å²) < 4.78 is 19.3. The lowest BCUT2D eigenvalue weighted by molar-refractivity contribution is -0.140. The smallest absolute Gasteiger partial charge is 0.296 e. The molecule has 0 aliphatic carbocycles. The number of aliphatic hydroxyl groups is 1. The second-order valence-corrected chi connectivity index (χ2v) is 6.93. The Morgan fingerprint density at radius 1 is 1.10 bits per heavy atom. The fraction of sp³-hybridized carbons (Fsp3) is 0.130. The second-order valence-electron chi connectivity index (χ2n) is 6.93. The molecular formula is C23H18FNO4. The van der Waals surface area contributed by atoms with Crippen LogP contribution in [0.15, 0.2) is 76.9 Å². The van der Waals surface area contributed by atoms with E-state index in [-0.39, 0.29) is 17.9 Å². The number of aliphatic hydroxyl groups excluding tert-OH is 1. The third kappa shape index (κ3) is 3.45. The molecule has 1 N–H and O–H groups in total. The monoisotopic (exact) mass is 391 g/mol. The number of hydrogen-bond acceptors (Lipinski definition) is 4. The molecule has 1 fully saturated rings. The van der Waals surface area contributed by atoms with Crippen molar-refractivity contribution in [3.8, 4) is 0 Å². The van der Waals surface area contributed by atoms with E-state index < -0.39 is 23.5 Å². The molecule has 1 aromatic heterocycles. The Hall–Kier alpha value is -3.67. The third-order valence-corrected chi connectivity index (χ3v) is 4.94. The molecule has 29 heavy (non-hydrogen) atoms. The summed E-state index contributed by atoms with van der Waals surface area (Å²) in [5.74, 6) is -1.90. The molecule has 2 aromatic carbocycles. The number of ketones is 1. The summed E-state index contributed by atoms with van der Waals surface area (Å²) in [7, 11) is 0. The Labute approximate surface area is 166 Å². The predicted octanol–water partition coefficient (Wildman–Crippen LogP) is 4.35. The van der Waals surface area contributed by atoms with Crippen molar-refractivity contribution in [2.24, 2.45) is 0 Å². The summed E-state index contributed by atoms with van der Waals surface area (Å²) in [6, 6.07) is 15.0. The minimum absolute atomic E-state index is 0.0173. The topological polar surface area (TPSA) is 70.8 Å². The van der Waals surface area contributed by atoms with Gasteiger partial charge in [0.2, 0.25) is 0 Å². The van der Waals surface area contributed by atoms with Crippen LogP contribution in [0.4, 0.5) is 4.39 Å². The van der Waals surface area contributed by atoms with Gasteiger partial charge in [-0.2, -0.15) is 0 Å². The molecule has 6 heteroatoms. The molecule has 0 radical (unpaired) electrons. The van der Waals surface area contributed by atoms with Gasteiger partial charge in [-0.1, -0.05) is 42.0 Å². The summed E-state index contributed by atoms with van der Waals surface area (Å²) in [5.41, 5.74) is 1.72. The van der Waals surface area contributed by atoms with E-state index >= 15 is 0 Å². The molecule has 1 atom stereocenters. The van der Waals surface area contributed by atoms with Gasteiger partial charge in [-0.25, -0.2) is 4.39 Å². The molecule has 0 bridgehead atoms. The Kier molecular flexibility index (Phi) is 4.76. The molecule has 5 nitrogen and oxygen atoms in total. The largest absolute Gasteiger partial charge is 0.507 e. The van der Waals surface area contributed by atoms with Gasteiger partial charge in [0.25, 0.3) is 11.7 Å². The first-order chi connectivity index (χ1) is 14.0. The highest BCUT2D eigenvalue weighted by molar-refractivity contribution is 6.46. The average molecular weight is 391 g/mol. The van der Waals surface area contributed by atoms with Crippen LogP contribution in [0.3, 0.4) is 0 Å². The molecule has 1 unspecified atom stereocenters. The van der Waals surface area contributed by atoms with Crippen molar-refractivity contribution in [1.29, 1.82) is 0 Å². The number of hydrogen-bond donors (Lipinski definition) is 1. The zero-order valence-corrected chi connectivity index (χ0v) is 15.6. The minimum Gasteiger partial charge on any atom is -0.507 e. The number of aryl methyl sites for hydroxylation is 1. The fourth-order valence-corrected chi connectivity index (χ4v) is 3.50. The van der Waals surface area contributed by atoms with Gasteiger partial charge in [-0.3, -0.25) is 9.59 Å². The summed E-state index contributed by atoms with van der Waals surface area (Å²) in [4.78, 5) is 26.9. The predicted molar refractivity (Wildman–Crippen MR) is 104 cm³/mol. The number of Topliss-reactive ketones (excluding diaryl/α,β-unsaturated/α-hetero) is 1. The maximum Gasteiger partial charge on any atom is 0.296 e. The second kappa shape index (κ2) is 7.39. The van der Waals surface area contributed by atoms with Crippen LogP contribution in [0.1, 0.15) is 28.5 Å².